The molecule has 2 rings (SSSR count). The molecule has 3 N–H and O–H groups in total. The lowest BCUT2D eigenvalue weighted by molar-refractivity contribution is -0.124. The van der Waals surface area contributed by atoms with Crippen LogP contribution in [0.5, 0.6) is 0 Å². The van der Waals surface area contributed by atoms with E-state index in [1.54, 1.807) is 6.07 Å². The molecule has 0 bridgehead atoms. The van der Waals surface area contributed by atoms with Gasteiger partial charge in [-0.05, 0) is 25.0 Å². The fourth-order valence-corrected chi connectivity index (χ4v) is 3.05. The van der Waals surface area contributed by atoms with Crippen LogP contribution in [0.4, 0.5) is 14.5 Å². The third-order valence-electron chi connectivity index (χ3n) is 3.54. The molecule has 1 aromatic rings. The zero-order valence-electron chi connectivity index (χ0n) is 11.2. The molecule has 0 radical (unpaired) electrons. The summed E-state index contributed by atoms with van der Waals surface area (Å²) in [6.45, 7) is 0. The van der Waals surface area contributed by atoms with E-state index in [0.29, 0.717) is 0 Å². The fraction of sp³-hybridized carbons (Fsp3) is 0.462. The van der Waals surface area contributed by atoms with Crippen molar-refractivity contribution in [2.45, 2.75) is 36.5 Å². The Kier molecular flexibility index (Phi) is 4.29. The van der Waals surface area contributed by atoms with Crippen molar-refractivity contribution < 1.29 is 22.0 Å². The number of sulfonamides is 1. The summed E-state index contributed by atoms with van der Waals surface area (Å²) in [6, 6.07) is 5.73. The molecule has 1 aliphatic rings. The lowest BCUT2D eigenvalue weighted by atomic mass is 9.86. The van der Waals surface area contributed by atoms with E-state index >= 15 is 0 Å². The second-order valence-electron chi connectivity index (χ2n) is 5.16. The van der Waals surface area contributed by atoms with E-state index in [9.17, 15) is 22.0 Å². The molecule has 1 aliphatic carbocycles. The number of carbonyl (C=O) groups is 1. The van der Waals surface area contributed by atoms with Crippen molar-refractivity contribution >= 4 is 21.6 Å². The number of amides is 1. The Morgan fingerprint density at radius 2 is 1.81 bits per heavy atom. The number of alkyl halides is 2. The average Bonchev–Trinajstić information content (AvgIpc) is 2.37. The summed E-state index contributed by atoms with van der Waals surface area (Å²) in [5.41, 5.74) is 0.0716. The molecule has 1 amide bonds. The van der Waals surface area contributed by atoms with Gasteiger partial charge < -0.3 is 5.32 Å². The first-order valence-corrected chi connectivity index (χ1v) is 8.04. The molecule has 0 heterocycles. The molecule has 0 atom stereocenters. The van der Waals surface area contributed by atoms with E-state index < -0.39 is 27.8 Å². The van der Waals surface area contributed by atoms with Crippen molar-refractivity contribution in [3.05, 3.63) is 24.3 Å². The maximum atomic E-state index is 13.1. The maximum absolute atomic E-state index is 13.1. The van der Waals surface area contributed by atoms with Gasteiger partial charge in [0, 0.05) is 18.8 Å². The Hall–Kier alpha value is -1.54. The first-order chi connectivity index (χ1) is 9.69. The number of rotatable bonds is 3. The minimum atomic E-state index is -3.96. The lowest BCUT2D eigenvalue weighted by Gasteiger charge is -2.27. The number of hydrogen-bond acceptors (Lipinski definition) is 3. The van der Waals surface area contributed by atoms with Crippen molar-refractivity contribution in [2.75, 3.05) is 5.32 Å². The number of nitrogens with two attached hydrogens (primary N) is 1. The van der Waals surface area contributed by atoms with E-state index in [4.69, 9.17) is 5.14 Å². The molecule has 5 nitrogen and oxygen atoms in total. The third-order valence-corrected chi connectivity index (χ3v) is 4.51. The fourth-order valence-electron chi connectivity index (χ4n) is 2.36. The first kappa shape index (κ1) is 15.8. The van der Waals surface area contributed by atoms with Gasteiger partial charge in [-0.3, -0.25) is 4.79 Å². The summed E-state index contributed by atoms with van der Waals surface area (Å²) in [5, 5.41) is 7.54. The Labute approximate surface area is 121 Å². The first-order valence-electron chi connectivity index (χ1n) is 6.49. The van der Waals surface area contributed by atoms with Gasteiger partial charge in [0.1, 0.15) is 4.90 Å². The molecule has 1 fully saturated rings. The second-order valence-corrected chi connectivity index (χ2v) is 6.69. The number of para-hydroxylation sites is 1. The SMILES string of the molecule is NS(=O)(=O)c1ccccc1NC(=O)C1CCC(F)(F)CC1. The van der Waals surface area contributed by atoms with Crippen LogP contribution in [0, 0.1) is 5.92 Å². The Morgan fingerprint density at radius 3 is 2.38 bits per heavy atom. The third kappa shape index (κ3) is 3.98. The highest BCUT2D eigenvalue weighted by molar-refractivity contribution is 7.89. The van der Waals surface area contributed by atoms with Crippen LogP contribution >= 0.6 is 0 Å². The summed E-state index contributed by atoms with van der Waals surface area (Å²) in [5.74, 6) is -3.71. The monoisotopic (exact) mass is 318 g/mol. The van der Waals surface area contributed by atoms with E-state index in [1.807, 2.05) is 0 Å². The number of carbonyl (C=O) groups excluding carboxylic acids is 1. The topological polar surface area (TPSA) is 89.3 Å². The van der Waals surface area contributed by atoms with Gasteiger partial charge in [-0.1, -0.05) is 12.1 Å². The van der Waals surface area contributed by atoms with Gasteiger partial charge in [-0.15, -0.1) is 0 Å². The van der Waals surface area contributed by atoms with Gasteiger partial charge in [-0.2, -0.15) is 0 Å². The molecule has 116 valence electrons. The second kappa shape index (κ2) is 5.69. The largest absolute Gasteiger partial charge is 0.325 e. The van der Waals surface area contributed by atoms with Gasteiger partial charge in [0.05, 0.1) is 5.69 Å². The highest BCUT2D eigenvalue weighted by atomic mass is 32.2. The van der Waals surface area contributed by atoms with Gasteiger partial charge >= 0.3 is 0 Å². The zero-order chi connectivity index (χ0) is 15.7. The summed E-state index contributed by atoms with van der Waals surface area (Å²) in [6.07, 6.45) is -0.503. The molecule has 0 saturated heterocycles. The molecule has 0 spiro atoms. The van der Waals surface area contributed by atoms with Gasteiger partial charge in [-0.25, -0.2) is 22.3 Å². The minimum Gasteiger partial charge on any atom is -0.325 e. The van der Waals surface area contributed by atoms with Crippen molar-refractivity contribution in [3.8, 4) is 0 Å². The van der Waals surface area contributed by atoms with Crippen LogP contribution in [-0.2, 0) is 14.8 Å². The van der Waals surface area contributed by atoms with Crippen LogP contribution in [-0.4, -0.2) is 20.2 Å². The Balaban J connectivity index is 2.11. The Morgan fingerprint density at radius 1 is 1.24 bits per heavy atom. The zero-order valence-corrected chi connectivity index (χ0v) is 12.0. The number of halogens is 2. The average molecular weight is 318 g/mol. The minimum absolute atomic E-state index is 0.0716. The van der Waals surface area contributed by atoms with Crippen molar-refractivity contribution in [3.63, 3.8) is 0 Å². The Bertz CT molecular complexity index is 637. The van der Waals surface area contributed by atoms with Crippen LogP contribution in [0.1, 0.15) is 25.7 Å². The summed E-state index contributed by atoms with van der Waals surface area (Å²) in [4.78, 5) is 11.9. The van der Waals surface area contributed by atoms with Crippen LogP contribution in [0.25, 0.3) is 0 Å². The molecule has 0 unspecified atom stereocenters. The number of benzene rings is 1. The normalized spacial score (nSPS) is 19.2. The maximum Gasteiger partial charge on any atom is 0.248 e. The number of anilines is 1. The van der Waals surface area contributed by atoms with E-state index in [2.05, 4.69) is 5.32 Å². The molecule has 1 saturated carbocycles. The van der Waals surface area contributed by atoms with Gasteiger partial charge in [0.2, 0.25) is 21.9 Å². The van der Waals surface area contributed by atoms with Crippen LogP contribution in [0.2, 0.25) is 0 Å². The molecule has 0 aromatic heterocycles. The highest BCUT2D eigenvalue weighted by Gasteiger charge is 2.37. The molecule has 1 aromatic carbocycles. The van der Waals surface area contributed by atoms with Crippen LogP contribution < -0.4 is 10.5 Å². The van der Waals surface area contributed by atoms with Gasteiger partial charge in [0.25, 0.3) is 0 Å². The van der Waals surface area contributed by atoms with E-state index in [-0.39, 0.29) is 36.3 Å². The molecule has 21 heavy (non-hydrogen) atoms. The van der Waals surface area contributed by atoms with Crippen molar-refractivity contribution in [2.24, 2.45) is 11.1 Å². The van der Waals surface area contributed by atoms with Gasteiger partial charge in [0.15, 0.2) is 0 Å². The van der Waals surface area contributed by atoms with Crippen molar-refractivity contribution in [1.82, 2.24) is 0 Å². The lowest BCUT2D eigenvalue weighted by Crippen LogP contribution is -2.32. The highest BCUT2D eigenvalue weighted by Crippen LogP contribution is 2.36. The number of nitrogens with one attached hydrogen (secondary N) is 1. The summed E-state index contributed by atoms with van der Waals surface area (Å²) in [7, 11) is -3.96. The van der Waals surface area contributed by atoms with E-state index in [1.165, 1.54) is 18.2 Å². The predicted molar refractivity (Wildman–Crippen MR) is 73.3 cm³/mol. The standard InChI is InChI=1S/C13H16F2N2O3S/c14-13(15)7-5-9(6-8-13)12(18)17-10-3-1-2-4-11(10)21(16,19)20/h1-4,9H,5-8H2,(H,17,18)(H2,16,19,20). The van der Waals surface area contributed by atoms with Crippen LogP contribution in [0.3, 0.4) is 0 Å². The number of primary sulfonamides is 1. The molecular weight excluding hydrogens is 302 g/mol. The molecule has 0 aliphatic heterocycles. The molecular formula is C13H16F2N2O3S. The van der Waals surface area contributed by atoms with Crippen LogP contribution in [0.15, 0.2) is 29.2 Å². The number of hydrogen-bond donors (Lipinski definition) is 2. The summed E-state index contributed by atoms with van der Waals surface area (Å²) < 4.78 is 49.0. The smallest absolute Gasteiger partial charge is 0.248 e. The quantitative estimate of drug-likeness (QED) is 0.894. The van der Waals surface area contributed by atoms with Crippen molar-refractivity contribution in [1.29, 1.82) is 0 Å². The van der Waals surface area contributed by atoms with E-state index in [0.717, 1.165) is 0 Å². The predicted octanol–water partition coefficient (Wildman–Crippen LogP) is 2.10. The summed E-state index contributed by atoms with van der Waals surface area (Å²) >= 11 is 0. The molecule has 8 heteroatoms.